The Balaban J connectivity index is 1.91. The van der Waals surface area contributed by atoms with Crippen molar-refractivity contribution in [3.63, 3.8) is 0 Å². The molecule has 8 heteroatoms. The molecule has 1 aromatic heterocycles. The lowest BCUT2D eigenvalue weighted by atomic mass is 10.3. The van der Waals surface area contributed by atoms with Crippen LogP contribution in [-0.2, 0) is 11.3 Å². The molecule has 0 aliphatic heterocycles. The summed E-state index contributed by atoms with van der Waals surface area (Å²) < 4.78 is 1.57. The molecule has 0 atom stereocenters. The SMILES string of the molecule is C=CCn1nnnc1SCC(=O)Nc1ccccc1Cl. The van der Waals surface area contributed by atoms with E-state index in [0.29, 0.717) is 22.4 Å². The van der Waals surface area contributed by atoms with Crippen LogP contribution >= 0.6 is 23.4 Å². The minimum Gasteiger partial charge on any atom is -0.324 e. The summed E-state index contributed by atoms with van der Waals surface area (Å²) in [6.45, 7) is 4.12. The Bertz CT molecular complexity index is 615. The molecule has 1 N–H and O–H groups in total. The number of amides is 1. The van der Waals surface area contributed by atoms with Gasteiger partial charge in [0.2, 0.25) is 11.1 Å². The number of tetrazole rings is 1. The number of nitrogens with zero attached hydrogens (tertiary/aromatic N) is 4. The lowest BCUT2D eigenvalue weighted by molar-refractivity contribution is -0.113. The van der Waals surface area contributed by atoms with Gasteiger partial charge in [-0.25, -0.2) is 4.68 Å². The van der Waals surface area contributed by atoms with E-state index in [2.05, 4.69) is 27.4 Å². The fraction of sp³-hybridized carbons (Fsp3) is 0.167. The van der Waals surface area contributed by atoms with Crippen LogP contribution < -0.4 is 5.32 Å². The number of benzene rings is 1. The quantitative estimate of drug-likeness (QED) is 0.654. The van der Waals surface area contributed by atoms with Crippen LogP contribution in [0.25, 0.3) is 0 Å². The molecule has 0 aliphatic carbocycles. The number of aromatic nitrogens is 4. The van der Waals surface area contributed by atoms with Crippen LogP contribution in [0.5, 0.6) is 0 Å². The van der Waals surface area contributed by atoms with Crippen LogP contribution in [-0.4, -0.2) is 31.9 Å². The van der Waals surface area contributed by atoms with Gasteiger partial charge < -0.3 is 5.32 Å². The number of allylic oxidation sites excluding steroid dienone is 1. The van der Waals surface area contributed by atoms with Crippen LogP contribution in [0.15, 0.2) is 42.1 Å². The molecule has 0 spiro atoms. The van der Waals surface area contributed by atoms with Crippen molar-refractivity contribution in [2.45, 2.75) is 11.7 Å². The van der Waals surface area contributed by atoms with E-state index in [9.17, 15) is 4.79 Å². The van der Waals surface area contributed by atoms with Crippen molar-refractivity contribution in [2.75, 3.05) is 11.1 Å². The molecule has 104 valence electrons. The third kappa shape index (κ3) is 3.82. The third-order valence-corrected chi connectivity index (χ3v) is 3.57. The Labute approximate surface area is 125 Å². The summed E-state index contributed by atoms with van der Waals surface area (Å²) in [7, 11) is 0. The molecule has 0 radical (unpaired) electrons. The largest absolute Gasteiger partial charge is 0.324 e. The number of hydrogen-bond donors (Lipinski definition) is 1. The smallest absolute Gasteiger partial charge is 0.234 e. The van der Waals surface area contributed by atoms with Gasteiger partial charge in [0.15, 0.2) is 0 Å². The lowest BCUT2D eigenvalue weighted by Gasteiger charge is -2.06. The molecule has 2 rings (SSSR count). The van der Waals surface area contributed by atoms with E-state index in [0.717, 1.165) is 0 Å². The number of para-hydroxylation sites is 1. The Morgan fingerprint density at radius 2 is 2.30 bits per heavy atom. The number of rotatable bonds is 6. The zero-order valence-corrected chi connectivity index (χ0v) is 12.1. The van der Waals surface area contributed by atoms with Gasteiger partial charge in [-0.2, -0.15) is 0 Å². The van der Waals surface area contributed by atoms with Crippen LogP contribution in [0.3, 0.4) is 0 Å². The summed E-state index contributed by atoms with van der Waals surface area (Å²) >= 11 is 7.22. The number of nitrogens with one attached hydrogen (secondary N) is 1. The minimum absolute atomic E-state index is 0.170. The van der Waals surface area contributed by atoms with Crippen molar-refractivity contribution in [1.29, 1.82) is 0 Å². The van der Waals surface area contributed by atoms with Gasteiger partial charge in [-0.15, -0.1) is 11.7 Å². The molecule has 1 aromatic carbocycles. The van der Waals surface area contributed by atoms with Gasteiger partial charge in [0.25, 0.3) is 0 Å². The lowest BCUT2D eigenvalue weighted by Crippen LogP contribution is -2.15. The van der Waals surface area contributed by atoms with E-state index in [-0.39, 0.29) is 11.7 Å². The Morgan fingerprint density at radius 3 is 3.05 bits per heavy atom. The van der Waals surface area contributed by atoms with Crippen LogP contribution in [0, 0.1) is 0 Å². The third-order valence-electron chi connectivity index (χ3n) is 2.28. The standard InChI is InChI=1S/C12H12ClN5OS/c1-2-7-18-12(15-16-17-18)20-8-11(19)14-10-6-4-3-5-9(10)13/h2-6H,1,7-8H2,(H,14,19). The first kappa shape index (κ1) is 14.5. The monoisotopic (exact) mass is 309 g/mol. The van der Waals surface area contributed by atoms with Crippen molar-refractivity contribution < 1.29 is 4.79 Å². The molecule has 0 bridgehead atoms. The number of anilines is 1. The first-order valence-electron chi connectivity index (χ1n) is 5.75. The maximum atomic E-state index is 11.8. The van der Waals surface area contributed by atoms with E-state index < -0.39 is 0 Å². The van der Waals surface area contributed by atoms with E-state index in [1.54, 1.807) is 35.0 Å². The van der Waals surface area contributed by atoms with Crippen LogP contribution in [0.4, 0.5) is 5.69 Å². The normalized spacial score (nSPS) is 10.2. The molecule has 6 nitrogen and oxygen atoms in total. The number of carbonyl (C=O) groups is 1. The Morgan fingerprint density at radius 1 is 1.50 bits per heavy atom. The second kappa shape index (κ2) is 7.06. The molecule has 1 heterocycles. The van der Waals surface area contributed by atoms with Crippen LogP contribution in [0.1, 0.15) is 0 Å². The first-order valence-corrected chi connectivity index (χ1v) is 7.11. The second-order valence-electron chi connectivity index (χ2n) is 3.75. The highest BCUT2D eigenvalue weighted by Gasteiger charge is 2.10. The fourth-order valence-electron chi connectivity index (χ4n) is 1.42. The molecule has 0 aliphatic rings. The number of thioether (sulfide) groups is 1. The molecule has 0 fully saturated rings. The van der Waals surface area contributed by atoms with Crippen molar-refractivity contribution in [3.8, 4) is 0 Å². The maximum Gasteiger partial charge on any atom is 0.234 e. The van der Waals surface area contributed by atoms with Gasteiger partial charge >= 0.3 is 0 Å². The average molecular weight is 310 g/mol. The van der Waals surface area contributed by atoms with Gasteiger partial charge in [-0.05, 0) is 22.6 Å². The van der Waals surface area contributed by atoms with Crippen molar-refractivity contribution in [3.05, 3.63) is 41.9 Å². The molecule has 0 saturated carbocycles. The van der Waals surface area contributed by atoms with E-state index in [1.807, 2.05) is 0 Å². The average Bonchev–Trinajstić information content (AvgIpc) is 2.87. The van der Waals surface area contributed by atoms with Gasteiger partial charge in [-0.3, -0.25) is 4.79 Å². The minimum atomic E-state index is -0.170. The van der Waals surface area contributed by atoms with E-state index >= 15 is 0 Å². The molecular weight excluding hydrogens is 298 g/mol. The summed E-state index contributed by atoms with van der Waals surface area (Å²) in [5.41, 5.74) is 0.588. The first-order chi connectivity index (χ1) is 9.70. The van der Waals surface area contributed by atoms with E-state index in [4.69, 9.17) is 11.6 Å². The second-order valence-corrected chi connectivity index (χ2v) is 5.10. The van der Waals surface area contributed by atoms with Crippen molar-refractivity contribution in [2.24, 2.45) is 0 Å². The topological polar surface area (TPSA) is 72.7 Å². The van der Waals surface area contributed by atoms with Gasteiger partial charge in [0.05, 0.1) is 23.0 Å². The summed E-state index contributed by atoms with van der Waals surface area (Å²) in [6, 6.07) is 7.07. The zero-order chi connectivity index (χ0) is 14.4. The molecule has 20 heavy (non-hydrogen) atoms. The Hall–Kier alpha value is -1.86. The molecular formula is C12H12ClN5OS. The summed E-state index contributed by atoms with van der Waals surface area (Å²) in [6.07, 6.45) is 1.68. The zero-order valence-electron chi connectivity index (χ0n) is 10.5. The highest BCUT2D eigenvalue weighted by atomic mass is 35.5. The summed E-state index contributed by atoms with van der Waals surface area (Å²) in [5.74, 6) is 0.0270. The molecule has 0 unspecified atom stereocenters. The van der Waals surface area contributed by atoms with Crippen LogP contribution in [0.2, 0.25) is 5.02 Å². The summed E-state index contributed by atoms with van der Waals surface area (Å²) in [4.78, 5) is 11.8. The highest BCUT2D eigenvalue weighted by molar-refractivity contribution is 7.99. The van der Waals surface area contributed by atoms with Gasteiger partial charge in [-0.1, -0.05) is 41.6 Å². The molecule has 2 aromatic rings. The highest BCUT2D eigenvalue weighted by Crippen LogP contribution is 2.21. The molecule has 1 amide bonds. The predicted octanol–water partition coefficient (Wildman–Crippen LogP) is 2.24. The van der Waals surface area contributed by atoms with Crippen molar-refractivity contribution >= 4 is 35.0 Å². The van der Waals surface area contributed by atoms with Gasteiger partial charge in [0.1, 0.15) is 0 Å². The van der Waals surface area contributed by atoms with Gasteiger partial charge in [0, 0.05) is 0 Å². The summed E-state index contributed by atoms with van der Waals surface area (Å²) in [5, 5.41) is 15.0. The van der Waals surface area contributed by atoms with Crippen molar-refractivity contribution in [1.82, 2.24) is 20.2 Å². The van der Waals surface area contributed by atoms with E-state index in [1.165, 1.54) is 11.8 Å². The molecule has 0 saturated heterocycles. The fourth-order valence-corrected chi connectivity index (χ4v) is 2.29. The number of carbonyl (C=O) groups excluding carboxylic acids is 1. The predicted molar refractivity (Wildman–Crippen MR) is 78.8 cm³/mol. The Kier molecular flexibility index (Phi) is 5.14. The number of hydrogen-bond acceptors (Lipinski definition) is 5. The maximum absolute atomic E-state index is 11.8. The number of halogens is 1.